The van der Waals surface area contributed by atoms with E-state index in [1.54, 1.807) is 17.8 Å². The van der Waals surface area contributed by atoms with Crippen molar-refractivity contribution in [2.75, 3.05) is 32.0 Å². The zero-order valence-corrected chi connectivity index (χ0v) is 16.7. The minimum atomic E-state index is -4.32. The Morgan fingerprint density at radius 1 is 1.21 bits per heavy atom. The second kappa shape index (κ2) is 8.40. The minimum absolute atomic E-state index is 0.0643. The second-order valence-electron chi connectivity index (χ2n) is 7.44. The SMILES string of the molecule is O=C(CCN1CCC(c2cccc(C(F)(F)F)c2)C1)c1ccc2c(c1)OCCS2. The van der Waals surface area contributed by atoms with Gasteiger partial charge in [0, 0.05) is 35.7 Å². The van der Waals surface area contributed by atoms with Crippen LogP contribution in [-0.4, -0.2) is 42.7 Å². The van der Waals surface area contributed by atoms with Gasteiger partial charge in [-0.15, -0.1) is 11.8 Å². The lowest BCUT2D eigenvalue weighted by atomic mass is 9.96. The van der Waals surface area contributed by atoms with Crippen LogP contribution in [0.3, 0.4) is 0 Å². The predicted octanol–water partition coefficient (Wildman–Crippen LogP) is 5.25. The minimum Gasteiger partial charge on any atom is -0.492 e. The molecule has 2 aliphatic heterocycles. The molecule has 0 bridgehead atoms. The van der Waals surface area contributed by atoms with Crippen molar-refractivity contribution in [3.8, 4) is 5.75 Å². The summed E-state index contributed by atoms with van der Waals surface area (Å²) in [6.07, 6.45) is -3.13. The number of ketones is 1. The highest BCUT2D eigenvalue weighted by molar-refractivity contribution is 7.99. The fraction of sp³-hybridized carbons (Fsp3) is 0.409. The summed E-state index contributed by atoms with van der Waals surface area (Å²) < 4.78 is 44.5. The van der Waals surface area contributed by atoms with E-state index in [9.17, 15) is 18.0 Å². The number of fused-ring (bicyclic) bond motifs is 1. The number of ether oxygens (including phenoxy) is 1. The predicted molar refractivity (Wildman–Crippen MR) is 107 cm³/mol. The molecule has 1 saturated heterocycles. The highest BCUT2D eigenvalue weighted by Gasteiger charge is 2.32. The molecule has 0 spiro atoms. The molecule has 1 atom stereocenters. The Hall–Kier alpha value is -1.99. The average molecular weight is 421 g/mol. The van der Waals surface area contributed by atoms with E-state index in [2.05, 4.69) is 4.90 Å². The molecule has 0 N–H and O–H groups in total. The highest BCUT2D eigenvalue weighted by atomic mass is 32.2. The molecule has 3 nitrogen and oxygen atoms in total. The highest BCUT2D eigenvalue weighted by Crippen LogP contribution is 2.35. The summed E-state index contributed by atoms with van der Waals surface area (Å²) in [5.41, 5.74) is 0.772. The largest absolute Gasteiger partial charge is 0.492 e. The molecule has 2 aromatic rings. The summed E-state index contributed by atoms with van der Waals surface area (Å²) in [6.45, 7) is 2.73. The standard InChI is InChI=1S/C22H22F3NO2S/c23-22(24,25)18-3-1-2-15(12-18)17-6-8-26(14-17)9-7-19(27)16-4-5-21-20(13-16)28-10-11-29-21/h1-5,12-13,17H,6-11,14H2. The molecule has 0 amide bonds. The first-order chi connectivity index (χ1) is 13.9. The van der Waals surface area contributed by atoms with Gasteiger partial charge in [-0.25, -0.2) is 0 Å². The number of rotatable bonds is 5. The first kappa shape index (κ1) is 20.3. The third-order valence-corrected chi connectivity index (χ3v) is 6.50. The van der Waals surface area contributed by atoms with Gasteiger partial charge in [-0.1, -0.05) is 24.3 Å². The molecule has 2 aromatic carbocycles. The van der Waals surface area contributed by atoms with E-state index >= 15 is 0 Å². The number of hydrogen-bond acceptors (Lipinski definition) is 4. The van der Waals surface area contributed by atoms with Crippen LogP contribution in [0, 0.1) is 0 Å². The molecule has 154 valence electrons. The maximum absolute atomic E-state index is 12.9. The first-order valence-electron chi connectivity index (χ1n) is 9.72. The molecular formula is C22H22F3NO2S. The topological polar surface area (TPSA) is 29.5 Å². The molecule has 4 rings (SSSR count). The Balaban J connectivity index is 1.33. The van der Waals surface area contributed by atoms with Gasteiger partial charge in [-0.3, -0.25) is 4.79 Å². The van der Waals surface area contributed by atoms with E-state index in [0.29, 0.717) is 31.7 Å². The van der Waals surface area contributed by atoms with Crippen LogP contribution in [0.15, 0.2) is 47.4 Å². The van der Waals surface area contributed by atoms with Gasteiger partial charge < -0.3 is 9.64 Å². The van der Waals surface area contributed by atoms with E-state index in [4.69, 9.17) is 4.74 Å². The quantitative estimate of drug-likeness (QED) is 0.617. The van der Waals surface area contributed by atoms with E-state index in [1.165, 1.54) is 12.1 Å². The summed E-state index contributed by atoms with van der Waals surface area (Å²) in [5.74, 6) is 1.83. The summed E-state index contributed by atoms with van der Waals surface area (Å²) in [4.78, 5) is 15.8. The fourth-order valence-corrected chi connectivity index (χ4v) is 4.71. The summed E-state index contributed by atoms with van der Waals surface area (Å²) >= 11 is 1.73. The van der Waals surface area contributed by atoms with Crippen molar-refractivity contribution >= 4 is 17.5 Å². The molecule has 1 unspecified atom stereocenters. The number of thioether (sulfide) groups is 1. The Labute approximate surface area is 172 Å². The van der Waals surface area contributed by atoms with Crippen molar-refractivity contribution in [1.29, 1.82) is 0 Å². The number of alkyl halides is 3. The molecule has 0 aromatic heterocycles. The Morgan fingerprint density at radius 2 is 2.07 bits per heavy atom. The number of benzene rings is 2. The number of carbonyl (C=O) groups is 1. The van der Waals surface area contributed by atoms with Crippen molar-refractivity contribution < 1.29 is 22.7 Å². The van der Waals surface area contributed by atoms with Crippen molar-refractivity contribution in [1.82, 2.24) is 4.90 Å². The third kappa shape index (κ3) is 4.78. The van der Waals surface area contributed by atoms with Crippen molar-refractivity contribution in [3.05, 3.63) is 59.2 Å². The normalized spacial score (nSPS) is 19.6. The molecule has 0 radical (unpaired) electrons. The van der Waals surface area contributed by atoms with Gasteiger partial charge in [0.05, 0.1) is 12.2 Å². The van der Waals surface area contributed by atoms with Gasteiger partial charge in [-0.05, 0) is 42.6 Å². The van der Waals surface area contributed by atoms with E-state index in [-0.39, 0.29) is 11.7 Å². The third-order valence-electron chi connectivity index (χ3n) is 5.48. The van der Waals surface area contributed by atoms with Crippen LogP contribution in [0.4, 0.5) is 13.2 Å². The van der Waals surface area contributed by atoms with E-state index in [0.717, 1.165) is 41.0 Å². The zero-order valence-electron chi connectivity index (χ0n) is 15.9. The monoisotopic (exact) mass is 421 g/mol. The maximum Gasteiger partial charge on any atom is 0.416 e. The Bertz CT molecular complexity index is 900. The number of hydrogen-bond donors (Lipinski definition) is 0. The van der Waals surface area contributed by atoms with Crippen LogP contribution >= 0.6 is 11.8 Å². The van der Waals surface area contributed by atoms with Crippen molar-refractivity contribution in [2.24, 2.45) is 0 Å². The molecule has 1 fully saturated rings. The van der Waals surface area contributed by atoms with Crippen LogP contribution in [-0.2, 0) is 6.18 Å². The van der Waals surface area contributed by atoms with Crippen LogP contribution < -0.4 is 4.74 Å². The van der Waals surface area contributed by atoms with E-state index in [1.807, 2.05) is 18.2 Å². The molecule has 2 aliphatic rings. The zero-order chi connectivity index (χ0) is 20.4. The second-order valence-corrected chi connectivity index (χ2v) is 8.58. The van der Waals surface area contributed by atoms with Gasteiger partial charge in [0.1, 0.15) is 5.75 Å². The summed E-state index contributed by atoms with van der Waals surface area (Å²) in [5, 5.41) is 0. The lowest BCUT2D eigenvalue weighted by molar-refractivity contribution is -0.137. The molecule has 0 saturated carbocycles. The van der Waals surface area contributed by atoms with Crippen LogP contribution in [0.1, 0.15) is 40.2 Å². The number of likely N-dealkylation sites (tertiary alicyclic amines) is 1. The summed E-state index contributed by atoms with van der Waals surface area (Å²) in [6, 6.07) is 11.2. The maximum atomic E-state index is 12.9. The molecule has 7 heteroatoms. The molecular weight excluding hydrogens is 399 g/mol. The van der Waals surface area contributed by atoms with Crippen LogP contribution in [0.2, 0.25) is 0 Å². The lowest BCUT2D eigenvalue weighted by Crippen LogP contribution is -2.23. The average Bonchev–Trinajstić information content (AvgIpc) is 3.20. The van der Waals surface area contributed by atoms with Gasteiger partial charge in [0.2, 0.25) is 0 Å². The lowest BCUT2D eigenvalue weighted by Gasteiger charge is -2.18. The van der Waals surface area contributed by atoms with Crippen LogP contribution in [0.5, 0.6) is 5.75 Å². The van der Waals surface area contributed by atoms with Gasteiger partial charge in [0.15, 0.2) is 5.78 Å². The number of carbonyl (C=O) groups excluding carboxylic acids is 1. The Kier molecular flexibility index (Phi) is 5.88. The van der Waals surface area contributed by atoms with Crippen molar-refractivity contribution in [2.45, 2.75) is 29.8 Å². The smallest absolute Gasteiger partial charge is 0.416 e. The number of nitrogens with zero attached hydrogens (tertiary/aromatic N) is 1. The van der Waals surface area contributed by atoms with Crippen LogP contribution in [0.25, 0.3) is 0 Å². The molecule has 29 heavy (non-hydrogen) atoms. The fourth-order valence-electron chi connectivity index (χ4n) is 3.90. The summed E-state index contributed by atoms with van der Waals surface area (Å²) in [7, 11) is 0. The van der Waals surface area contributed by atoms with E-state index < -0.39 is 11.7 Å². The molecule has 0 aliphatic carbocycles. The molecule has 2 heterocycles. The van der Waals surface area contributed by atoms with Gasteiger partial charge >= 0.3 is 6.18 Å². The first-order valence-corrected chi connectivity index (χ1v) is 10.7. The Morgan fingerprint density at radius 3 is 2.90 bits per heavy atom. The van der Waals surface area contributed by atoms with Gasteiger partial charge in [0.25, 0.3) is 0 Å². The number of halogens is 3. The van der Waals surface area contributed by atoms with Gasteiger partial charge in [-0.2, -0.15) is 13.2 Å². The van der Waals surface area contributed by atoms with Crippen molar-refractivity contribution in [3.63, 3.8) is 0 Å². The number of Topliss-reactive ketones (excluding diaryl/α,β-unsaturated/α-hetero) is 1.